The lowest BCUT2D eigenvalue weighted by atomic mass is 10.2. The number of nitrogen functional groups attached to an aromatic ring is 1. The van der Waals surface area contributed by atoms with E-state index in [4.69, 9.17) is 22.2 Å². The third-order valence-electron chi connectivity index (χ3n) is 2.41. The molecule has 7 heteroatoms. The predicted octanol–water partition coefficient (Wildman–Crippen LogP) is 1.57. The van der Waals surface area contributed by atoms with E-state index in [1.807, 2.05) is 0 Å². The normalized spacial score (nSPS) is 10.3. The first kappa shape index (κ1) is 15.7. The standard InChI is InChI=1S/C12H19ClN4O2/c1-2-3-5-19-6-4-15-12(18)9-7-10(13)11(17-14)16-8-9/h7-8H,2-6,14H2,1H3,(H,15,18)(H,16,17). The number of carbonyl (C=O) groups is 1. The quantitative estimate of drug-likeness (QED) is 0.383. The number of nitrogens with two attached hydrogens (primary N) is 1. The molecule has 0 unspecified atom stereocenters. The van der Waals surface area contributed by atoms with Crippen LogP contribution in [0.2, 0.25) is 5.02 Å². The number of rotatable bonds is 8. The minimum Gasteiger partial charge on any atom is -0.380 e. The van der Waals surface area contributed by atoms with Crippen molar-refractivity contribution in [2.45, 2.75) is 19.8 Å². The average molecular weight is 287 g/mol. The molecular weight excluding hydrogens is 268 g/mol. The second-order valence-electron chi connectivity index (χ2n) is 3.92. The van der Waals surface area contributed by atoms with Crippen LogP contribution in [0.3, 0.4) is 0 Å². The van der Waals surface area contributed by atoms with E-state index in [0.717, 1.165) is 19.4 Å². The Kier molecular flexibility index (Phi) is 7.17. The highest BCUT2D eigenvalue weighted by atomic mass is 35.5. The summed E-state index contributed by atoms with van der Waals surface area (Å²) >= 11 is 5.88. The summed E-state index contributed by atoms with van der Waals surface area (Å²) in [5.74, 6) is 5.30. The Labute approximate surface area is 117 Å². The van der Waals surface area contributed by atoms with Crippen LogP contribution in [0.4, 0.5) is 5.82 Å². The smallest absolute Gasteiger partial charge is 0.252 e. The van der Waals surface area contributed by atoms with E-state index in [9.17, 15) is 4.79 Å². The minimum absolute atomic E-state index is 0.239. The molecule has 1 rings (SSSR count). The maximum absolute atomic E-state index is 11.8. The van der Waals surface area contributed by atoms with Crippen LogP contribution < -0.4 is 16.6 Å². The number of anilines is 1. The van der Waals surface area contributed by atoms with Crippen molar-refractivity contribution in [1.29, 1.82) is 0 Å². The largest absolute Gasteiger partial charge is 0.380 e. The first-order valence-electron chi connectivity index (χ1n) is 6.17. The Balaban J connectivity index is 2.35. The lowest BCUT2D eigenvalue weighted by Gasteiger charge is -2.07. The molecule has 1 heterocycles. The van der Waals surface area contributed by atoms with E-state index in [1.165, 1.54) is 12.3 Å². The number of hydrogen-bond acceptors (Lipinski definition) is 5. The van der Waals surface area contributed by atoms with Crippen LogP contribution in [0.5, 0.6) is 0 Å². The Hall–Kier alpha value is -1.37. The van der Waals surface area contributed by atoms with Gasteiger partial charge < -0.3 is 15.5 Å². The molecule has 1 amide bonds. The number of halogens is 1. The van der Waals surface area contributed by atoms with Gasteiger partial charge in [-0.15, -0.1) is 0 Å². The number of nitrogens with zero attached hydrogens (tertiary/aromatic N) is 1. The van der Waals surface area contributed by atoms with Crippen molar-refractivity contribution < 1.29 is 9.53 Å². The van der Waals surface area contributed by atoms with Gasteiger partial charge in [0.05, 0.1) is 17.2 Å². The predicted molar refractivity (Wildman–Crippen MR) is 75.1 cm³/mol. The van der Waals surface area contributed by atoms with Crippen molar-refractivity contribution in [1.82, 2.24) is 10.3 Å². The van der Waals surface area contributed by atoms with Gasteiger partial charge in [-0.25, -0.2) is 10.8 Å². The van der Waals surface area contributed by atoms with Crippen LogP contribution in [0, 0.1) is 0 Å². The van der Waals surface area contributed by atoms with Gasteiger partial charge in [0.25, 0.3) is 5.91 Å². The topological polar surface area (TPSA) is 89.3 Å². The summed E-state index contributed by atoms with van der Waals surface area (Å²) in [7, 11) is 0. The van der Waals surface area contributed by atoms with E-state index in [1.54, 1.807) is 0 Å². The molecule has 1 aromatic heterocycles. The minimum atomic E-state index is -0.239. The van der Waals surface area contributed by atoms with Gasteiger partial charge in [-0.3, -0.25) is 4.79 Å². The Bertz CT molecular complexity index is 415. The van der Waals surface area contributed by atoms with Gasteiger partial charge in [0.1, 0.15) is 0 Å². The van der Waals surface area contributed by atoms with E-state index in [2.05, 4.69) is 22.7 Å². The van der Waals surface area contributed by atoms with E-state index in [-0.39, 0.29) is 5.91 Å². The monoisotopic (exact) mass is 286 g/mol. The lowest BCUT2D eigenvalue weighted by molar-refractivity contribution is 0.0912. The molecule has 0 aliphatic rings. The van der Waals surface area contributed by atoms with Crippen molar-refractivity contribution in [2.24, 2.45) is 5.84 Å². The zero-order valence-corrected chi connectivity index (χ0v) is 11.7. The molecule has 0 bridgehead atoms. The maximum atomic E-state index is 11.8. The summed E-state index contributed by atoms with van der Waals surface area (Å²) in [5, 5.41) is 3.03. The zero-order chi connectivity index (χ0) is 14.1. The van der Waals surface area contributed by atoms with Crippen LogP contribution in [0.15, 0.2) is 12.3 Å². The number of hydrogen-bond donors (Lipinski definition) is 3. The Morgan fingerprint density at radius 2 is 2.32 bits per heavy atom. The third kappa shape index (κ3) is 5.42. The summed E-state index contributed by atoms with van der Waals surface area (Å²) in [4.78, 5) is 15.7. The zero-order valence-electron chi connectivity index (χ0n) is 10.9. The van der Waals surface area contributed by atoms with Crippen molar-refractivity contribution in [3.63, 3.8) is 0 Å². The number of pyridine rings is 1. The van der Waals surface area contributed by atoms with Crippen molar-refractivity contribution in [3.8, 4) is 0 Å². The fraction of sp³-hybridized carbons (Fsp3) is 0.500. The molecule has 0 saturated carbocycles. The van der Waals surface area contributed by atoms with E-state index >= 15 is 0 Å². The number of ether oxygens (including phenoxy) is 1. The second-order valence-corrected chi connectivity index (χ2v) is 4.33. The van der Waals surface area contributed by atoms with Crippen LogP contribution >= 0.6 is 11.6 Å². The fourth-order valence-electron chi connectivity index (χ4n) is 1.36. The van der Waals surface area contributed by atoms with Crippen molar-refractivity contribution in [3.05, 3.63) is 22.8 Å². The summed E-state index contributed by atoms with van der Waals surface area (Å²) in [6.07, 6.45) is 3.54. The first-order valence-corrected chi connectivity index (χ1v) is 6.55. The van der Waals surface area contributed by atoms with Crippen LogP contribution in [0.25, 0.3) is 0 Å². The fourth-order valence-corrected chi connectivity index (χ4v) is 1.58. The SMILES string of the molecule is CCCCOCCNC(=O)c1cnc(NN)c(Cl)c1. The molecule has 106 valence electrons. The van der Waals surface area contributed by atoms with E-state index < -0.39 is 0 Å². The lowest BCUT2D eigenvalue weighted by Crippen LogP contribution is -2.27. The highest BCUT2D eigenvalue weighted by Crippen LogP contribution is 2.18. The molecular formula is C12H19ClN4O2. The molecule has 0 radical (unpaired) electrons. The summed E-state index contributed by atoms with van der Waals surface area (Å²) in [6, 6.07) is 1.51. The molecule has 0 spiro atoms. The number of hydrazine groups is 1. The van der Waals surface area contributed by atoms with Gasteiger partial charge in [-0.2, -0.15) is 0 Å². The summed E-state index contributed by atoms with van der Waals surface area (Å²) in [5.41, 5.74) is 2.73. The van der Waals surface area contributed by atoms with Gasteiger partial charge in [0.15, 0.2) is 5.82 Å². The Morgan fingerprint density at radius 1 is 1.53 bits per heavy atom. The number of carbonyl (C=O) groups excluding carboxylic acids is 1. The molecule has 6 nitrogen and oxygen atoms in total. The Morgan fingerprint density at radius 3 is 2.95 bits per heavy atom. The van der Waals surface area contributed by atoms with E-state index in [0.29, 0.717) is 29.6 Å². The molecule has 0 fully saturated rings. The summed E-state index contributed by atoms with van der Waals surface area (Å²) < 4.78 is 5.34. The molecule has 0 aromatic carbocycles. The number of unbranched alkanes of at least 4 members (excludes halogenated alkanes) is 1. The van der Waals surface area contributed by atoms with Crippen molar-refractivity contribution >= 4 is 23.3 Å². The molecule has 0 aliphatic heterocycles. The second kappa shape index (κ2) is 8.68. The molecule has 0 aliphatic carbocycles. The van der Waals surface area contributed by atoms with Crippen LogP contribution in [-0.4, -0.2) is 30.6 Å². The van der Waals surface area contributed by atoms with Gasteiger partial charge >= 0.3 is 0 Å². The third-order valence-corrected chi connectivity index (χ3v) is 2.70. The molecule has 19 heavy (non-hydrogen) atoms. The molecule has 0 atom stereocenters. The van der Waals surface area contributed by atoms with Gasteiger partial charge in [0.2, 0.25) is 0 Å². The highest BCUT2D eigenvalue weighted by molar-refractivity contribution is 6.33. The van der Waals surface area contributed by atoms with Crippen LogP contribution in [-0.2, 0) is 4.74 Å². The number of amides is 1. The average Bonchev–Trinajstić information content (AvgIpc) is 2.42. The van der Waals surface area contributed by atoms with Gasteiger partial charge in [-0.1, -0.05) is 24.9 Å². The number of aromatic nitrogens is 1. The van der Waals surface area contributed by atoms with Gasteiger partial charge in [-0.05, 0) is 12.5 Å². The summed E-state index contributed by atoms with van der Waals surface area (Å²) in [6.45, 7) is 3.77. The molecule has 1 aromatic rings. The van der Waals surface area contributed by atoms with Crippen molar-refractivity contribution in [2.75, 3.05) is 25.2 Å². The first-order chi connectivity index (χ1) is 9.19. The highest BCUT2D eigenvalue weighted by Gasteiger charge is 2.08. The molecule has 0 saturated heterocycles. The maximum Gasteiger partial charge on any atom is 0.252 e. The molecule has 4 N–H and O–H groups in total. The van der Waals surface area contributed by atoms with Gasteiger partial charge in [0, 0.05) is 19.3 Å². The van der Waals surface area contributed by atoms with Crippen LogP contribution in [0.1, 0.15) is 30.1 Å². The number of nitrogens with one attached hydrogen (secondary N) is 2.